The Balaban J connectivity index is 1.82. The Kier molecular flexibility index (Phi) is 6.02. The highest BCUT2D eigenvalue weighted by Gasteiger charge is 2.30. The molecule has 1 aliphatic rings. The number of hydrogen-bond donors (Lipinski definition) is 0. The molecule has 7 heteroatoms. The van der Waals surface area contributed by atoms with E-state index >= 15 is 0 Å². The third-order valence-electron chi connectivity index (χ3n) is 4.83. The van der Waals surface area contributed by atoms with Gasteiger partial charge in [0.15, 0.2) is 6.10 Å². The van der Waals surface area contributed by atoms with Gasteiger partial charge in [0.1, 0.15) is 11.6 Å². The van der Waals surface area contributed by atoms with Crippen LogP contribution in [0, 0.1) is 0 Å². The van der Waals surface area contributed by atoms with Crippen molar-refractivity contribution in [2.45, 2.75) is 32.4 Å². The van der Waals surface area contributed by atoms with Gasteiger partial charge in [0.05, 0.1) is 12.2 Å². The quantitative estimate of drug-likeness (QED) is 0.763. The lowest BCUT2D eigenvalue weighted by molar-refractivity contribution is -0.139. The molecule has 0 fully saturated rings. The first kappa shape index (κ1) is 19.9. The maximum atomic E-state index is 13.1. The number of carbonyl (C=O) groups excluding carboxylic acids is 1. The summed E-state index contributed by atoms with van der Waals surface area (Å²) in [4.78, 5) is 28.3. The number of fused-ring (bicyclic) bond motifs is 1. The fourth-order valence-corrected chi connectivity index (χ4v) is 3.33. The Morgan fingerprint density at radius 3 is 2.46 bits per heavy atom. The molecule has 0 spiro atoms. The normalized spacial score (nSPS) is 14.2. The zero-order chi connectivity index (χ0) is 20.3. The van der Waals surface area contributed by atoms with Gasteiger partial charge in [0.25, 0.3) is 5.91 Å². The van der Waals surface area contributed by atoms with E-state index in [1.807, 2.05) is 80.1 Å². The van der Waals surface area contributed by atoms with Gasteiger partial charge in [-0.05, 0) is 25.0 Å². The van der Waals surface area contributed by atoms with Crippen LogP contribution < -0.4 is 14.5 Å². The number of anilines is 2. The van der Waals surface area contributed by atoms with E-state index in [0.29, 0.717) is 31.2 Å². The number of aromatic nitrogens is 2. The summed E-state index contributed by atoms with van der Waals surface area (Å²) >= 11 is 0. The van der Waals surface area contributed by atoms with Gasteiger partial charge in [-0.2, -0.15) is 4.98 Å². The average molecular weight is 383 g/mol. The first-order valence-electron chi connectivity index (χ1n) is 9.65. The van der Waals surface area contributed by atoms with Gasteiger partial charge >= 0.3 is 0 Å². The van der Waals surface area contributed by atoms with Crippen LogP contribution in [0.3, 0.4) is 0 Å². The maximum Gasteiger partial charge on any atom is 0.263 e. The van der Waals surface area contributed by atoms with Crippen LogP contribution in [0.25, 0.3) is 0 Å². The molecule has 1 aromatic heterocycles. The SMILES string of the molecule is CCC(Oc1ccccc1)C(=O)N1CCc2c(nc(N(C)C)nc2N(C)C)C1. The van der Waals surface area contributed by atoms with Crippen LogP contribution >= 0.6 is 0 Å². The molecule has 0 bridgehead atoms. The highest BCUT2D eigenvalue weighted by molar-refractivity contribution is 5.81. The van der Waals surface area contributed by atoms with Gasteiger partial charge in [-0.1, -0.05) is 25.1 Å². The Bertz CT molecular complexity index is 823. The van der Waals surface area contributed by atoms with Crippen LogP contribution in [0.15, 0.2) is 30.3 Å². The molecule has 1 aromatic carbocycles. The molecule has 0 radical (unpaired) electrons. The van der Waals surface area contributed by atoms with E-state index in [1.165, 1.54) is 0 Å². The van der Waals surface area contributed by atoms with Gasteiger partial charge in [-0.15, -0.1) is 0 Å². The number of carbonyl (C=O) groups is 1. The number of hydrogen-bond acceptors (Lipinski definition) is 6. The van der Waals surface area contributed by atoms with Gasteiger partial charge in [-0.3, -0.25) is 4.79 Å². The summed E-state index contributed by atoms with van der Waals surface area (Å²) in [6.07, 6.45) is 0.865. The summed E-state index contributed by atoms with van der Waals surface area (Å²) in [5.74, 6) is 2.30. The molecule has 1 aliphatic heterocycles. The number of amides is 1. The molecule has 0 saturated heterocycles. The number of rotatable bonds is 6. The predicted octanol–water partition coefficient (Wildman–Crippen LogP) is 2.35. The van der Waals surface area contributed by atoms with E-state index in [0.717, 1.165) is 23.5 Å². The first-order chi connectivity index (χ1) is 13.4. The van der Waals surface area contributed by atoms with E-state index in [2.05, 4.69) is 4.98 Å². The molecule has 1 unspecified atom stereocenters. The van der Waals surface area contributed by atoms with Crippen LogP contribution in [-0.4, -0.2) is 61.6 Å². The van der Waals surface area contributed by atoms with E-state index < -0.39 is 6.10 Å². The Hall–Kier alpha value is -2.83. The summed E-state index contributed by atoms with van der Waals surface area (Å²) < 4.78 is 5.95. The number of nitrogens with zero attached hydrogens (tertiary/aromatic N) is 5. The van der Waals surface area contributed by atoms with Crippen LogP contribution in [0.2, 0.25) is 0 Å². The van der Waals surface area contributed by atoms with Crippen LogP contribution in [0.1, 0.15) is 24.6 Å². The highest BCUT2D eigenvalue weighted by Crippen LogP contribution is 2.28. The molecule has 2 heterocycles. The molecule has 1 amide bonds. The summed E-state index contributed by atoms with van der Waals surface area (Å²) in [5.41, 5.74) is 2.04. The monoisotopic (exact) mass is 383 g/mol. The topological polar surface area (TPSA) is 61.8 Å². The molecule has 1 atom stereocenters. The van der Waals surface area contributed by atoms with Crippen molar-refractivity contribution in [3.63, 3.8) is 0 Å². The Labute approximate surface area is 166 Å². The van der Waals surface area contributed by atoms with Crippen molar-refractivity contribution in [2.75, 3.05) is 44.5 Å². The second-order valence-corrected chi connectivity index (χ2v) is 7.40. The standard InChI is InChI=1S/C21H29N5O2/c1-6-18(28-15-10-8-7-9-11-15)20(27)26-13-12-16-17(14-26)22-21(25(4)5)23-19(16)24(2)3/h7-11,18H,6,12-14H2,1-5H3. The van der Waals surface area contributed by atoms with Crippen molar-refractivity contribution >= 4 is 17.7 Å². The summed E-state index contributed by atoms with van der Waals surface area (Å²) in [5, 5.41) is 0. The molecule has 28 heavy (non-hydrogen) atoms. The van der Waals surface area contributed by atoms with Gasteiger partial charge in [-0.25, -0.2) is 4.98 Å². The molecule has 0 N–H and O–H groups in total. The fourth-order valence-electron chi connectivity index (χ4n) is 3.33. The molecule has 150 valence electrons. The molecule has 3 rings (SSSR count). The number of ether oxygens (including phenoxy) is 1. The lowest BCUT2D eigenvalue weighted by Gasteiger charge is -2.33. The first-order valence-corrected chi connectivity index (χ1v) is 9.65. The van der Waals surface area contributed by atoms with Gasteiger partial charge < -0.3 is 19.4 Å². The fraction of sp³-hybridized carbons (Fsp3) is 0.476. The van der Waals surface area contributed by atoms with Crippen LogP contribution in [-0.2, 0) is 17.8 Å². The van der Waals surface area contributed by atoms with Crippen molar-refractivity contribution in [3.05, 3.63) is 41.6 Å². The molecular weight excluding hydrogens is 354 g/mol. The lowest BCUT2D eigenvalue weighted by Crippen LogP contribution is -2.44. The minimum absolute atomic E-state index is 0.00780. The van der Waals surface area contributed by atoms with Crippen molar-refractivity contribution in [1.82, 2.24) is 14.9 Å². The number of para-hydroxylation sites is 1. The van der Waals surface area contributed by atoms with Crippen LogP contribution in [0.4, 0.5) is 11.8 Å². The van der Waals surface area contributed by atoms with Crippen molar-refractivity contribution in [2.24, 2.45) is 0 Å². The van der Waals surface area contributed by atoms with Crippen LogP contribution in [0.5, 0.6) is 5.75 Å². The molecular formula is C21H29N5O2. The summed E-state index contributed by atoms with van der Waals surface area (Å²) in [7, 11) is 7.82. The molecule has 0 saturated carbocycles. The third-order valence-corrected chi connectivity index (χ3v) is 4.83. The zero-order valence-corrected chi connectivity index (χ0v) is 17.3. The molecule has 2 aromatic rings. The van der Waals surface area contributed by atoms with E-state index in [9.17, 15) is 4.79 Å². The average Bonchev–Trinajstić information content (AvgIpc) is 2.70. The second kappa shape index (κ2) is 8.46. The zero-order valence-electron chi connectivity index (χ0n) is 17.3. The third kappa shape index (κ3) is 4.18. The van der Waals surface area contributed by atoms with E-state index in [4.69, 9.17) is 9.72 Å². The van der Waals surface area contributed by atoms with Crippen molar-refractivity contribution in [1.29, 1.82) is 0 Å². The second-order valence-electron chi connectivity index (χ2n) is 7.40. The lowest BCUT2D eigenvalue weighted by atomic mass is 10.0. The number of benzene rings is 1. The van der Waals surface area contributed by atoms with Gasteiger partial charge in [0, 0.05) is 40.3 Å². The Morgan fingerprint density at radius 2 is 1.86 bits per heavy atom. The smallest absolute Gasteiger partial charge is 0.263 e. The van der Waals surface area contributed by atoms with Crippen molar-refractivity contribution < 1.29 is 9.53 Å². The predicted molar refractivity (Wildman–Crippen MR) is 111 cm³/mol. The van der Waals surface area contributed by atoms with Gasteiger partial charge in [0.2, 0.25) is 5.95 Å². The maximum absolute atomic E-state index is 13.1. The molecule has 7 nitrogen and oxygen atoms in total. The minimum atomic E-state index is -0.493. The van der Waals surface area contributed by atoms with Crippen molar-refractivity contribution in [3.8, 4) is 5.75 Å². The summed E-state index contributed by atoms with van der Waals surface area (Å²) in [6, 6.07) is 9.50. The molecule has 0 aliphatic carbocycles. The Morgan fingerprint density at radius 1 is 1.14 bits per heavy atom. The minimum Gasteiger partial charge on any atom is -0.481 e. The van der Waals surface area contributed by atoms with E-state index in [-0.39, 0.29) is 5.91 Å². The highest BCUT2D eigenvalue weighted by atomic mass is 16.5. The summed E-state index contributed by atoms with van der Waals surface area (Å²) in [6.45, 7) is 3.10. The van der Waals surface area contributed by atoms with E-state index in [1.54, 1.807) is 0 Å². The largest absolute Gasteiger partial charge is 0.481 e.